The molecule has 17 heavy (non-hydrogen) atoms. The van der Waals surface area contributed by atoms with Crippen molar-refractivity contribution in [3.8, 4) is 0 Å². The van der Waals surface area contributed by atoms with E-state index >= 15 is 0 Å². The lowest BCUT2D eigenvalue weighted by molar-refractivity contribution is -0.0127. The second-order valence-corrected chi connectivity index (χ2v) is 5.39. The third-order valence-corrected chi connectivity index (χ3v) is 3.63. The number of benzene rings is 1. The first-order valence-corrected chi connectivity index (χ1v) is 6.68. The van der Waals surface area contributed by atoms with Gasteiger partial charge in [-0.05, 0) is 37.8 Å². The van der Waals surface area contributed by atoms with Crippen LogP contribution in [0.25, 0.3) is 0 Å². The highest BCUT2D eigenvalue weighted by atomic mass is 79.9. The number of rotatable bonds is 3. The zero-order valence-corrected chi connectivity index (χ0v) is 11.1. The van der Waals surface area contributed by atoms with Crippen LogP contribution >= 0.6 is 15.9 Å². The van der Waals surface area contributed by atoms with Gasteiger partial charge in [0, 0.05) is 10.0 Å². The number of ether oxygens (including phenoxy) is 1. The predicted octanol–water partition coefficient (Wildman–Crippen LogP) is 3.41. The number of hydrogen-bond acceptors (Lipinski definition) is 2. The summed E-state index contributed by atoms with van der Waals surface area (Å²) in [5, 5.41) is 9.37. The summed E-state index contributed by atoms with van der Waals surface area (Å²) in [5.41, 5.74) is 0.583. The van der Waals surface area contributed by atoms with Crippen molar-refractivity contribution in [2.24, 2.45) is 0 Å². The molecule has 0 bridgehead atoms. The van der Waals surface area contributed by atoms with Crippen LogP contribution in [0.2, 0.25) is 0 Å². The van der Waals surface area contributed by atoms with E-state index in [-0.39, 0.29) is 18.0 Å². The normalized spacial score (nSPS) is 24.9. The SMILES string of the molecule is OC1CCC(OCc2ccc(Br)cc2F)CC1. The molecule has 4 heteroatoms. The monoisotopic (exact) mass is 302 g/mol. The average molecular weight is 303 g/mol. The summed E-state index contributed by atoms with van der Waals surface area (Å²) >= 11 is 3.22. The Morgan fingerprint density at radius 1 is 1.29 bits per heavy atom. The second-order valence-electron chi connectivity index (χ2n) is 4.48. The van der Waals surface area contributed by atoms with E-state index in [1.54, 1.807) is 6.07 Å². The molecular formula is C13H16BrFO2. The van der Waals surface area contributed by atoms with E-state index in [4.69, 9.17) is 4.74 Å². The summed E-state index contributed by atoms with van der Waals surface area (Å²) < 4.78 is 19.9. The maximum atomic E-state index is 13.5. The number of halogens is 2. The minimum Gasteiger partial charge on any atom is -0.393 e. The molecule has 2 nitrogen and oxygen atoms in total. The number of aliphatic hydroxyl groups excluding tert-OH is 1. The number of hydrogen-bond donors (Lipinski definition) is 1. The lowest BCUT2D eigenvalue weighted by Gasteiger charge is -2.25. The molecule has 1 aromatic carbocycles. The van der Waals surface area contributed by atoms with Crippen molar-refractivity contribution >= 4 is 15.9 Å². The molecule has 0 unspecified atom stereocenters. The van der Waals surface area contributed by atoms with Crippen LogP contribution < -0.4 is 0 Å². The largest absolute Gasteiger partial charge is 0.393 e. The smallest absolute Gasteiger partial charge is 0.129 e. The first-order valence-electron chi connectivity index (χ1n) is 5.89. The molecule has 0 atom stereocenters. The molecule has 1 aliphatic carbocycles. The lowest BCUT2D eigenvalue weighted by Crippen LogP contribution is -2.24. The van der Waals surface area contributed by atoms with Crippen molar-refractivity contribution < 1.29 is 14.2 Å². The van der Waals surface area contributed by atoms with Crippen LogP contribution in [-0.4, -0.2) is 17.3 Å². The molecule has 0 aliphatic heterocycles. The van der Waals surface area contributed by atoms with E-state index in [9.17, 15) is 9.50 Å². The van der Waals surface area contributed by atoms with Crippen molar-refractivity contribution in [2.75, 3.05) is 0 Å². The fourth-order valence-electron chi connectivity index (χ4n) is 2.06. The van der Waals surface area contributed by atoms with Crippen molar-refractivity contribution in [2.45, 2.75) is 44.5 Å². The molecule has 1 saturated carbocycles. The minimum absolute atomic E-state index is 0.154. The topological polar surface area (TPSA) is 29.5 Å². The molecule has 0 aromatic heterocycles. The van der Waals surface area contributed by atoms with Gasteiger partial charge in [0.05, 0.1) is 18.8 Å². The quantitative estimate of drug-likeness (QED) is 0.927. The summed E-state index contributed by atoms with van der Waals surface area (Å²) in [6, 6.07) is 4.99. The van der Waals surface area contributed by atoms with Crippen LogP contribution in [0, 0.1) is 5.82 Å². The molecule has 1 aromatic rings. The van der Waals surface area contributed by atoms with E-state index in [1.165, 1.54) is 6.07 Å². The minimum atomic E-state index is -0.241. The van der Waals surface area contributed by atoms with Crippen molar-refractivity contribution in [1.82, 2.24) is 0 Å². The lowest BCUT2D eigenvalue weighted by atomic mass is 9.95. The maximum absolute atomic E-state index is 13.5. The Morgan fingerprint density at radius 2 is 2.00 bits per heavy atom. The summed E-state index contributed by atoms with van der Waals surface area (Å²) in [7, 11) is 0. The molecule has 0 amide bonds. The first-order chi connectivity index (χ1) is 8.15. The van der Waals surface area contributed by atoms with Crippen LogP contribution in [0.3, 0.4) is 0 Å². The fourth-order valence-corrected chi connectivity index (χ4v) is 2.39. The molecule has 2 rings (SSSR count). The van der Waals surface area contributed by atoms with Gasteiger partial charge in [-0.3, -0.25) is 0 Å². The highest BCUT2D eigenvalue weighted by molar-refractivity contribution is 9.10. The zero-order valence-electron chi connectivity index (χ0n) is 9.53. The van der Waals surface area contributed by atoms with Gasteiger partial charge in [0.15, 0.2) is 0 Å². The first kappa shape index (κ1) is 13.0. The molecule has 1 N–H and O–H groups in total. The van der Waals surface area contributed by atoms with Gasteiger partial charge in [-0.15, -0.1) is 0 Å². The van der Waals surface area contributed by atoms with Gasteiger partial charge in [0.25, 0.3) is 0 Å². The fraction of sp³-hybridized carbons (Fsp3) is 0.538. The van der Waals surface area contributed by atoms with Crippen LogP contribution in [0.1, 0.15) is 31.2 Å². The zero-order chi connectivity index (χ0) is 12.3. The standard InChI is InChI=1S/C13H16BrFO2/c14-10-2-1-9(13(15)7-10)8-17-12-5-3-11(16)4-6-12/h1-2,7,11-12,16H,3-6,8H2. The van der Waals surface area contributed by atoms with Gasteiger partial charge < -0.3 is 9.84 Å². The highest BCUT2D eigenvalue weighted by Gasteiger charge is 2.20. The Morgan fingerprint density at radius 3 is 2.65 bits per heavy atom. The summed E-state index contributed by atoms with van der Waals surface area (Å²) in [5.74, 6) is -0.241. The Balaban J connectivity index is 1.85. The van der Waals surface area contributed by atoms with Gasteiger partial charge in [-0.1, -0.05) is 22.0 Å². The Kier molecular flexibility index (Phi) is 4.54. The molecule has 94 valence electrons. The van der Waals surface area contributed by atoms with Crippen molar-refractivity contribution in [3.63, 3.8) is 0 Å². The summed E-state index contributed by atoms with van der Waals surface area (Å²) in [6.07, 6.45) is 3.26. The van der Waals surface area contributed by atoms with Gasteiger partial charge >= 0.3 is 0 Å². The van der Waals surface area contributed by atoms with Crippen molar-refractivity contribution in [1.29, 1.82) is 0 Å². The van der Waals surface area contributed by atoms with Crippen LogP contribution in [0.5, 0.6) is 0 Å². The second kappa shape index (κ2) is 5.94. The summed E-state index contributed by atoms with van der Waals surface area (Å²) in [6.45, 7) is 0.305. The molecule has 0 spiro atoms. The van der Waals surface area contributed by atoms with Crippen molar-refractivity contribution in [3.05, 3.63) is 34.1 Å². The molecule has 0 heterocycles. The molecule has 1 fully saturated rings. The van der Waals surface area contributed by atoms with Gasteiger partial charge in [0.1, 0.15) is 5.82 Å². The van der Waals surface area contributed by atoms with Gasteiger partial charge in [0.2, 0.25) is 0 Å². The molecule has 0 saturated heterocycles. The van der Waals surface area contributed by atoms with Crippen LogP contribution in [0.4, 0.5) is 4.39 Å². The maximum Gasteiger partial charge on any atom is 0.129 e. The molecular weight excluding hydrogens is 287 g/mol. The predicted molar refractivity (Wildman–Crippen MR) is 67.2 cm³/mol. The van der Waals surface area contributed by atoms with Crippen LogP contribution in [0.15, 0.2) is 22.7 Å². The Labute approximate surface area is 109 Å². The Bertz CT molecular complexity index is 376. The molecule has 1 aliphatic rings. The molecule has 0 radical (unpaired) electrons. The number of aliphatic hydroxyl groups is 1. The van der Waals surface area contributed by atoms with E-state index in [1.807, 2.05) is 6.07 Å². The third kappa shape index (κ3) is 3.76. The van der Waals surface area contributed by atoms with Crippen LogP contribution in [-0.2, 0) is 11.3 Å². The van der Waals surface area contributed by atoms with E-state index in [0.717, 1.165) is 30.2 Å². The van der Waals surface area contributed by atoms with E-state index in [2.05, 4.69) is 15.9 Å². The third-order valence-electron chi connectivity index (χ3n) is 3.13. The van der Waals surface area contributed by atoms with Gasteiger partial charge in [-0.2, -0.15) is 0 Å². The highest BCUT2D eigenvalue weighted by Crippen LogP contribution is 2.23. The van der Waals surface area contributed by atoms with E-state index in [0.29, 0.717) is 12.2 Å². The van der Waals surface area contributed by atoms with E-state index < -0.39 is 0 Å². The Hall–Kier alpha value is -0.450. The average Bonchev–Trinajstić information content (AvgIpc) is 2.30. The summed E-state index contributed by atoms with van der Waals surface area (Å²) in [4.78, 5) is 0. The van der Waals surface area contributed by atoms with Gasteiger partial charge in [-0.25, -0.2) is 4.39 Å².